The standard InChI is InChI=1S/C74H88N12O14/c1-45(87)64(81-62(89)43-86(8)69(95)56(75)36-24-38-77-84-71(97)100-73(5,6)7)68(94)80-60(41-63(90)99-72(2,3)4)66(92)79-59(40-61(88)83-85-74(47-25-12-9-13-26-47,48-27-14-10-15-28-48)49-29-16-11-17-30-49)65(91)78-58(39-46-42-76-57-37-23-22-31-50(46)57)67(93)82-70(96)98-44-55-53-34-20-18-32-51(53)52-33-19-21-35-54(52)55/h9-23,25-35,37,42,45,55-56,58-60,64,76-77,85,87H,24,36,38-41,43-44,75H2,1-8H3,(H,78,91)(H,79,92)(H,80,94)(H,81,89)(H,83,88)(H,84,97)(H,82,93,96)/t45-,56+,58+,59-,60+,64+/m1/s1. The summed E-state index contributed by atoms with van der Waals surface area (Å²) in [6.45, 7) is 10.3. The fraction of sp³-hybridized carbons (Fsp3) is 0.351. The van der Waals surface area contributed by atoms with E-state index >= 15 is 9.59 Å². The predicted molar refractivity (Wildman–Crippen MR) is 372 cm³/mol. The van der Waals surface area contributed by atoms with Crippen LogP contribution >= 0.6 is 0 Å². The molecule has 6 aromatic carbocycles. The molecule has 1 aliphatic carbocycles. The van der Waals surface area contributed by atoms with Gasteiger partial charge in [-0.05, 0) is 112 Å². The van der Waals surface area contributed by atoms with Gasteiger partial charge in [-0.15, -0.1) is 0 Å². The predicted octanol–water partition coefficient (Wildman–Crippen LogP) is 5.43. The number of benzene rings is 6. The smallest absolute Gasteiger partial charge is 0.422 e. The van der Waals surface area contributed by atoms with Crippen molar-refractivity contribution in [2.24, 2.45) is 5.73 Å². The van der Waals surface area contributed by atoms with E-state index in [-0.39, 0.29) is 31.9 Å². The Kier molecular flexibility index (Phi) is 25.6. The van der Waals surface area contributed by atoms with Crippen LogP contribution in [0, 0.1) is 0 Å². The van der Waals surface area contributed by atoms with E-state index in [9.17, 15) is 43.5 Å². The van der Waals surface area contributed by atoms with Crippen molar-refractivity contribution in [3.05, 3.63) is 203 Å². The Labute approximate surface area is 579 Å². The van der Waals surface area contributed by atoms with E-state index in [1.807, 2.05) is 140 Å². The van der Waals surface area contributed by atoms with Gasteiger partial charge in [0, 0.05) is 43.0 Å². The second-order valence-electron chi connectivity index (χ2n) is 26.4. The molecule has 8 rings (SSSR count). The molecule has 26 heteroatoms. The van der Waals surface area contributed by atoms with Gasteiger partial charge in [-0.2, -0.15) is 0 Å². The summed E-state index contributed by atoms with van der Waals surface area (Å²) in [6.07, 6.45) is -3.55. The normalized spacial score (nSPS) is 13.8. The number of alkyl carbamates (subject to hydrolysis) is 1. The van der Waals surface area contributed by atoms with Crippen LogP contribution in [0.3, 0.4) is 0 Å². The molecular formula is C74H88N12O14. The van der Waals surface area contributed by atoms with Crippen molar-refractivity contribution in [3.63, 3.8) is 0 Å². The highest BCUT2D eigenvalue weighted by Gasteiger charge is 2.40. The third-order valence-corrected chi connectivity index (χ3v) is 16.3. The van der Waals surface area contributed by atoms with Crippen LogP contribution in [0.1, 0.15) is 113 Å². The number of hydrazine groups is 2. The summed E-state index contributed by atoms with van der Waals surface area (Å²) in [4.78, 5) is 145. The highest BCUT2D eigenvalue weighted by molar-refractivity contribution is 6.01. The van der Waals surface area contributed by atoms with Crippen molar-refractivity contribution in [2.45, 2.75) is 140 Å². The number of hydrogen-bond donors (Lipinski definition) is 12. The number of imide groups is 1. The van der Waals surface area contributed by atoms with Gasteiger partial charge in [0.2, 0.25) is 35.4 Å². The van der Waals surface area contributed by atoms with Crippen LogP contribution in [-0.4, -0.2) is 149 Å². The Balaban J connectivity index is 1.06. The van der Waals surface area contributed by atoms with Gasteiger partial charge in [-0.25, -0.2) is 20.4 Å². The first-order valence-electron chi connectivity index (χ1n) is 32.9. The molecule has 0 bridgehead atoms. The van der Waals surface area contributed by atoms with Crippen LogP contribution in [0.25, 0.3) is 22.0 Å². The zero-order valence-corrected chi connectivity index (χ0v) is 57.1. The maximum Gasteiger partial charge on any atom is 0.422 e. The van der Waals surface area contributed by atoms with Crippen LogP contribution in [0.5, 0.6) is 0 Å². The van der Waals surface area contributed by atoms with E-state index in [0.717, 1.165) is 34.1 Å². The second-order valence-corrected chi connectivity index (χ2v) is 26.4. The lowest BCUT2D eigenvalue weighted by molar-refractivity contribution is -0.157. The van der Waals surface area contributed by atoms with E-state index in [0.29, 0.717) is 39.6 Å². The first-order chi connectivity index (χ1) is 47.6. The van der Waals surface area contributed by atoms with Crippen molar-refractivity contribution < 1.29 is 67.3 Å². The third kappa shape index (κ3) is 20.4. The average molecular weight is 1370 g/mol. The van der Waals surface area contributed by atoms with Gasteiger partial charge >= 0.3 is 18.2 Å². The summed E-state index contributed by atoms with van der Waals surface area (Å²) in [5.41, 5.74) is 21.1. The Morgan fingerprint density at radius 3 is 1.65 bits per heavy atom. The lowest BCUT2D eigenvalue weighted by atomic mass is 9.77. The van der Waals surface area contributed by atoms with Crippen molar-refractivity contribution in [1.29, 1.82) is 0 Å². The van der Waals surface area contributed by atoms with E-state index < -0.39 is 132 Å². The van der Waals surface area contributed by atoms with Gasteiger partial charge in [-0.1, -0.05) is 158 Å². The molecule has 9 amide bonds. The number of hydrogen-bond acceptors (Lipinski definition) is 17. The summed E-state index contributed by atoms with van der Waals surface area (Å²) in [5, 5.41) is 23.9. The average Bonchev–Trinajstić information content (AvgIpc) is 1.02. The Morgan fingerprint density at radius 2 is 1.09 bits per heavy atom. The van der Waals surface area contributed by atoms with E-state index in [1.54, 1.807) is 72.0 Å². The Bertz CT molecular complexity index is 3880. The quantitative estimate of drug-likeness (QED) is 0.00878. The molecule has 0 spiro atoms. The van der Waals surface area contributed by atoms with Gasteiger partial charge in [0.1, 0.15) is 47.5 Å². The van der Waals surface area contributed by atoms with Crippen LogP contribution in [0.15, 0.2) is 170 Å². The van der Waals surface area contributed by atoms with Gasteiger partial charge in [0.05, 0.1) is 31.5 Å². The number of para-hydroxylation sites is 1. The second kappa shape index (κ2) is 34.1. The minimum absolute atomic E-state index is 0.125. The first kappa shape index (κ1) is 75.0. The number of rotatable bonds is 30. The van der Waals surface area contributed by atoms with Crippen molar-refractivity contribution in [3.8, 4) is 11.1 Å². The number of carbonyl (C=O) groups is 10. The summed E-state index contributed by atoms with van der Waals surface area (Å²) in [7, 11) is 1.29. The number of amides is 9. The molecule has 0 fully saturated rings. The van der Waals surface area contributed by atoms with Crippen molar-refractivity contribution in [2.75, 3.05) is 26.7 Å². The lowest BCUT2D eigenvalue weighted by Gasteiger charge is -2.37. The zero-order chi connectivity index (χ0) is 72.3. The number of carbonyl (C=O) groups excluding carboxylic acids is 10. The zero-order valence-electron chi connectivity index (χ0n) is 57.1. The minimum atomic E-state index is -1.98. The van der Waals surface area contributed by atoms with Crippen molar-refractivity contribution in [1.82, 2.24) is 58.2 Å². The molecule has 528 valence electrons. The molecule has 1 aliphatic rings. The molecule has 7 aromatic rings. The van der Waals surface area contributed by atoms with Crippen LogP contribution in [0.4, 0.5) is 9.59 Å². The Hall–Kier alpha value is -10.8. The maximum absolute atomic E-state index is 15.3. The van der Waals surface area contributed by atoms with Gasteiger partial charge in [0.15, 0.2) is 0 Å². The number of aromatic nitrogens is 1. The summed E-state index contributed by atoms with van der Waals surface area (Å²) >= 11 is 0. The van der Waals surface area contributed by atoms with E-state index in [4.69, 9.17) is 19.9 Å². The molecule has 1 aromatic heterocycles. The molecule has 13 N–H and O–H groups in total. The molecule has 26 nitrogen and oxygen atoms in total. The number of nitrogens with one attached hydrogen (secondary N) is 10. The first-order valence-corrected chi connectivity index (χ1v) is 32.9. The summed E-state index contributed by atoms with van der Waals surface area (Å²) in [6, 6.07) is 41.6. The Morgan fingerprint density at radius 1 is 0.580 bits per heavy atom. The monoisotopic (exact) mass is 1370 g/mol. The molecule has 0 saturated carbocycles. The van der Waals surface area contributed by atoms with Gasteiger partial charge < -0.3 is 56.2 Å². The summed E-state index contributed by atoms with van der Waals surface area (Å²) < 4.78 is 16.5. The highest BCUT2D eigenvalue weighted by Crippen LogP contribution is 2.44. The fourth-order valence-corrected chi connectivity index (χ4v) is 11.7. The van der Waals surface area contributed by atoms with E-state index in [2.05, 4.69) is 53.3 Å². The number of nitrogens with zero attached hydrogens (tertiary/aromatic N) is 1. The highest BCUT2D eigenvalue weighted by atomic mass is 16.6. The SMILES string of the molecule is C[C@@H](O)[C@H](NC(=O)CN(C)C(=O)[C@@H](N)CCCNNC(=O)OC(C)(C)C)C(=O)N[C@@H](CC(=O)OC(C)(C)C)C(=O)N[C@H](CC(=O)NNC(c1ccccc1)(c1ccccc1)c1ccccc1)C(=O)N[C@@H](Cc1c[nH]c2ccccc12)C(=O)NC(=O)OCC1c2ccccc2-c2ccccc21. The number of H-pyrrole nitrogens is 1. The number of aromatic amines is 1. The fourth-order valence-electron chi connectivity index (χ4n) is 11.7. The lowest BCUT2D eigenvalue weighted by Crippen LogP contribution is -2.61. The summed E-state index contributed by atoms with van der Waals surface area (Å²) in [5.74, 6) is -8.57. The molecule has 0 aliphatic heterocycles. The number of aliphatic hydroxyl groups is 1. The molecule has 100 heavy (non-hydrogen) atoms. The molecule has 0 radical (unpaired) electrons. The van der Waals surface area contributed by atoms with Crippen LogP contribution in [0.2, 0.25) is 0 Å². The van der Waals surface area contributed by atoms with Gasteiger partial charge in [0.25, 0.3) is 5.91 Å². The third-order valence-electron chi connectivity index (χ3n) is 16.3. The number of ether oxygens (including phenoxy) is 3. The topological polar surface area (TPSA) is 372 Å². The number of aliphatic hydroxyl groups excluding tert-OH is 1. The number of likely N-dealkylation sites (N-methyl/N-ethyl adjacent to an activating group) is 1. The van der Waals surface area contributed by atoms with E-state index in [1.165, 1.54) is 7.05 Å². The molecule has 0 unspecified atom stereocenters. The van der Waals surface area contributed by atoms with Gasteiger partial charge in [-0.3, -0.25) is 54.5 Å². The number of fused-ring (bicyclic) bond motifs is 4. The molecule has 1 heterocycles. The minimum Gasteiger partial charge on any atom is -0.460 e. The molecule has 6 atom stereocenters. The number of nitrogens with two attached hydrogens (primary N) is 1. The van der Waals surface area contributed by atoms with Crippen LogP contribution < -0.4 is 54.0 Å². The largest absolute Gasteiger partial charge is 0.460 e. The maximum atomic E-state index is 15.3. The molecule has 0 saturated heterocycles. The van der Waals surface area contributed by atoms with Crippen molar-refractivity contribution >= 4 is 70.4 Å². The van der Waals surface area contributed by atoms with Crippen LogP contribution in [-0.2, 0) is 64.5 Å². The number of esters is 1. The molecular weight excluding hydrogens is 1280 g/mol.